The van der Waals surface area contributed by atoms with E-state index in [1.807, 2.05) is 31.2 Å². The van der Waals surface area contributed by atoms with Crippen LogP contribution in [0.3, 0.4) is 0 Å². The number of carbonyl (C=O) groups is 1. The monoisotopic (exact) mass is 329 g/mol. The third-order valence-electron chi connectivity index (χ3n) is 3.92. The summed E-state index contributed by atoms with van der Waals surface area (Å²) < 4.78 is 10.8. The fourth-order valence-corrected chi connectivity index (χ4v) is 3.02. The van der Waals surface area contributed by atoms with Gasteiger partial charge in [-0.05, 0) is 24.6 Å². The van der Waals surface area contributed by atoms with Crippen molar-refractivity contribution < 1.29 is 14.3 Å². The highest BCUT2D eigenvalue weighted by atomic mass is 35.5. The summed E-state index contributed by atoms with van der Waals surface area (Å²) in [5.41, 5.74) is 4.11. The van der Waals surface area contributed by atoms with Crippen molar-refractivity contribution in [2.75, 3.05) is 14.2 Å². The van der Waals surface area contributed by atoms with E-state index in [1.165, 1.54) is 7.11 Å². The molecular weight excluding hydrogens is 314 g/mol. The molecular formula is C18H16ClNO3. The van der Waals surface area contributed by atoms with Crippen LogP contribution in [-0.4, -0.2) is 25.5 Å². The third kappa shape index (κ3) is 2.45. The van der Waals surface area contributed by atoms with Gasteiger partial charge in [0.2, 0.25) is 0 Å². The molecule has 1 N–H and O–H groups in total. The number of hydrogen-bond acceptors (Lipinski definition) is 3. The Balaban J connectivity index is 2.41. The van der Waals surface area contributed by atoms with Crippen LogP contribution in [0.2, 0.25) is 5.02 Å². The molecule has 0 aliphatic carbocycles. The summed E-state index contributed by atoms with van der Waals surface area (Å²) in [4.78, 5) is 14.8. The number of nitrogens with one attached hydrogen (secondary N) is 1. The molecule has 0 spiro atoms. The number of fused-ring (bicyclic) bond motifs is 1. The van der Waals surface area contributed by atoms with E-state index in [9.17, 15) is 4.79 Å². The highest BCUT2D eigenvalue weighted by Crippen LogP contribution is 2.42. The molecule has 118 valence electrons. The Morgan fingerprint density at radius 1 is 1.09 bits per heavy atom. The molecule has 4 nitrogen and oxygen atoms in total. The maximum absolute atomic E-state index is 11.5. The number of ether oxygens (including phenoxy) is 2. The Hall–Kier alpha value is -2.46. The topological polar surface area (TPSA) is 51.3 Å². The summed E-state index contributed by atoms with van der Waals surface area (Å²) in [6, 6.07) is 9.31. The molecule has 23 heavy (non-hydrogen) atoms. The van der Waals surface area contributed by atoms with Crippen molar-refractivity contribution >= 4 is 28.8 Å². The summed E-state index contributed by atoms with van der Waals surface area (Å²) in [7, 11) is 3.13. The smallest absolute Gasteiger partial charge is 0.155 e. The first-order valence-corrected chi connectivity index (χ1v) is 7.46. The van der Waals surface area contributed by atoms with E-state index >= 15 is 0 Å². The lowest BCUT2D eigenvalue weighted by Crippen LogP contribution is -1.95. The number of benzene rings is 2. The van der Waals surface area contributed by atoms with Crippen LogP contribution < -0.4 is 9.47 Å². The van der Waals surface area contributed by atoms with Gasteiger partial charge in [-0.25, -0.2) is 0 Å². The second-order valence-electron chi connectivity index (χ2n) is 5.19. The zero-order valence-electron chi connectivity index (χ0n) is 13.1. The van der Waals surface area contributed by atoms with Gasteiger partial charge in [0.25, 0.3) is 0 Å². The number of rotatable bonds is 4. The van der Waals surface area contributed by atoms with Gasteiger partial charge < -0.3 is 14.5 Å². The molecule has 1 aromatic heterocycles. The molecule has 0 atom stereocenters. The van der Waals surface area contributed by atoms with Gasteiger partial charge in [-0.3, -0.25) is 4.79 Å². The van der Waals surface area contributed by atoms with Crippen LogP contribution in [0.4, 0.5) is 0 Å². The minimum Gasteiger partial charge on any atom is -0.496 e. The standard InChI is InChI=1S/C18H16ClNO3/c1-10-16(11-4-6-12(19)7-5-11)17-15(23-3)8-14(22-2)13(9-21)18(17)20-10/h4-9,20H,1-3H3. The normalized spacial score (nSPS) is 10.8. The molecule has 0 aliphatic heterocycles. The lowest BCUT2D eigenvalue weighted by Gasteiger charge is -2.11. The molecule has 3 rings (SSSR count). The molecule has 2 aromatic carbocycles. The van der Waals surface area contributed by atoms with Crippen molar-refractivity contribution in [1.29, 1.82) is 0 Å². The molecule has 0 saturated carbocycles. The third-order valence-corrected chi connectivity index (χ3v) is 4.17. The second kappa shape index (κ2) is 5.97. The van der Waals surface area contributed by atoms with E-state index in [-0.39, 0.29) is 0 Å². The second-order valence-corrected chi connectivity index (χ2v) is 5.63. The Morgan fingerprint density at radius 3 is 2.30 bits per heavy atom. The first-order valence-electron chi connectivity index (χ1n) is 7.09. The van der Waals surface area contributed by atoms with Crippen molar-refractivity contribution in [3.8, 4) is 22.6 Å². The fourth-order valence-electron chi connectivity index (χ4n) is 2.89. The number of hydrogen-bond donors (Lipinski definition) is 1. The van der Waals surface area contributed by atoms with Crippen LogP contribution in [0, 0.1) is 6.92 Å². The van der Waals surface area contributed by atoms with E-state index in [0.29, 0.717) is 27.6 Å². The average Bonchev–Trinajstić information content (AvgIpc) is 2.91. The first-order chi connectivity index (χ1) is 11.1. The van der Waals surface area contributed by atoms with Gasteiger partial charge >= 0.3 is 0 Å². The van der Waals surface area contributed by atoms with Gasteiger partial charge in [0.05, 0.1) is 30.7 Å². The van der Waals surface area contributed by atoms with Crippen molar-refractivity contribution in [2.45, 2.75) is 6.92 Å². The van der Waals surface area contributed by atoms with Gasteiger partial charge in [0.1, 0.15) is 11.5 Å². The number of aldehydes is 1. The molecule has 0 unspecified atom stereocenters. The lowest BCUT2D eigenvalue weighted by molar-refractivity contribution is 0.112. The lowest BCUT2D eigenvalue weighted by atomic mass is 10.00. The van der Waals surface area contributed by atoms with E-state index < -0.39 is 0 Å². The average molecular weight is 330 g/mol. The Kier molecular flexibility index (Phi) is 4.01. The largest absolute Gasteiger partial charge is 0.496 e. The molecule has 5 heteroatoms. The van der Waals surface area contributed by atoms with Gasteiger partial charge in [-0.15, -0.1) is 0 Å². The SMILES string of the molecule is COc1cc(OC)c2c(-c3ccc(Cl)cc3)c(C)[nH]c2c1C=O. The number of carbonyl (C=O) groups excluding carboxylic acids is 1. The predicted octanol–water partition coefficient (Wildman–Crippen LogP) is 4.63. The maximum Gasteiger partial charge on any atom is 0.155 e. The van der Waals surface area contributed by atoms with E-state index in [1.54, 1.807) is 13.2 Å². The van der Waals surface area contributed by atoms with Gasteiger partial charge in [-0.2, -0.15) is 0 Å². The van der Waals surface area contributed by atoms with Crippen LogP contribution in [0.15, 0.2) is 30.3 Å². The van der Waals surface area contributed by atoms with Crippen LogP contribution in [-0.2, 0) is 0 Å². The highest BCUT2D eigenvalue weighted by molar-refractivity contribution is 6.30. The van der Waals surface area contributed by atoms with Gasteiger partial charge in [-0.1, -0.05) is 23.7 Å². The number of halogens is 1. The quantitative estimate of drug-likeness (QED) is 0.710. The minimum absolute atomic E-state index is 0.478. The Morgan fingerprint density at radius 2 is 1.74 bits per heavy atom. The van der Waals surface area contributed by atoms with Crippen LogP contribution in [0.1, 0.15) is 16.1 Å². The Labute approximate surface area is 139 Å². The van der Waals surface area contributed by atoms with E-state index in [0.717, 1.165) is 28.5 Å². The Bertz CT molecular complexity index is 882. The fraction of sp³-hybridized carbons (Fsp3) is 0.167. The van der Waals surface area contributed by atoms with Gasteiger partial charge in [0.15, 0.2) is 6.29 Å². The maximum atomic E-state index is 11.5. The van der Waals surface area contributed by atoms with E-state index in [2.05, 4.69) is 4.98 Å². The highest BCUT2D eigenvalue weighted by Gasteiger charge is 2.20. The summed E-state index contributed by atoms with van der Waals surface area (Å²) >= 11 is 5.98. The predicted molar refractivity (Wildman–Crippen MR) is 92.0 cm³/mol. The van der Waals surface area contributed by atoms with Crippen molar-refractivity contribution in [2.24, 2.45) is 0 Å². The number of aryl methyl sites for hydroxylation is 1. The van der Waals surface area contributed by atoms with Crippen molar-refractivity contribution in [1.82, 2.24) is 4.98 Å². The molecule has 0 amide bonds. The van der Waals surface area contributed by atoms with Crippen LogP contribution in [0.25, 0.3) is 22.0 Å². The number of H-pyrrole nitrogens is 1. The summed E-state index contributed by atoms with van der Waals surface area (Å²) in [5, 5.41) is 1.53. The molecule has 1 heterocycles. The zero-order valence-corrected chi connectivity index (χ0v) is 13.8. The van der Waals surface area contributed by atoms with Crippen LogP contribution >= 0.6 is 11.6 Å². The first kappa shape index (κ1) is 15.4. The molecule has 0 fully saturated rings. The number of methoxy groups -OCH3 is 2. The summed E-state index contributed by atoms with van der Waals surface area (Å²) in [6.07, 6.45) is 0.794. The number of aromatic nitrogens is 1. The molecule has 0 saturated heterocycles. The summed E-state index contributed by atoms with van der Waals surface area (Å²) in [6.45, 7) is 1.96. The molecule has 0 radical (unpaired) electrons. The molecule has 0 bridgehead atoms. The minimum atomic E-state index is 0.478. The summed E-state index contributed by atoms with van der Waals surface area (Å²) in [5.74, 6) is 1.13. The van der Waals surface area contributed by atoms with E-state index in [4.69, 9.17) is 21.1 Å². The zero-order chi connectivity index (χ0) is 16.6. The van der Waals surface area contributed by atoms with Crippen LogP contribution in [0.5, 0.6) is 11.5 Å². The van der Waals surface area contributed by atoms with Crippen molar-refractivity contribution in [3.05, 3.63) is 46.6 Å². The number of aromatic amines is 1. The van der Waals surface area contributed by atoms with Gasteiger partial charge in [0, 0.05) is 22.3 Å². The molecule has 0 aliphatic rings. The van der Waals surface area contributed by atoms with Crippen molar-refractivity contribution in [3.63, 3.8) is 0 Å². The molecule has 3 aromatic rings.